The number of hydrogen-bond donors (Lipinski definition) is 2. The zero-order valence-electron chi connectivity index (χ0n) is 20.7. The minimum Gasteiger partial charge on any atom is -0.469 e. The Labute approximate surface area is 211 Å². The number of carbonyl (C=O) groups excluding carboxylic acids is 2. The molecule has 0 atom stereocenters. The molecule has 0 saturated carbocycles. The molecule has 7 heteroatoms. The molecule has 7 nitrogen and oxygen atoms in total. The number of methoxy groups -OCH3 is 1. The molecule has 1 fully saturated rings. The lowest BCUT2D eigenvalue weighted by atomic mass is 9.98. The van der Waals surface area contributed by atoms with E-state index in [2.05, 4.69) is 39.8 Å². The zero-order valence-corrected chi connectivity index (χ0v) is 20.7. The van der Waals surface area contributed by atoms with Crippen LogP contribution in [0, 0.1) is 6.92 Å². The predicted molar refractivity (Wildman–Crippen MR) is 141 cm³/mol. The molecule has 1 aliphatic heterocycles. The van der Waals surface area contributed by atoms with Crippen LogP contribution in [0.3, 0.4) is 0 Å². The standard InChI is InChI=1S/C29H31N3O4/c1-19-20(16-28(33)35-2)15-21(17-27(19)32-13-11-30-12-14-32)31-29(34)36-18-26-24-9-5-3-7-22(24)23-8-4-6-10-25(23)26/h3-10,15,17,26,30H,11-14,16,18H2,1-2H3,(H,31,34). The van der Waals surface area contributed by atoms with Crippen LogP contribution in [0.2, 0.25) is 0 Å². The Morgan fingerprint density at radius 2 is 1.64 bits per heavy atom. The largest absolute Gasteiger partial charge is 0.469 e. The SMILES string of the molecule is COC(=O)Cc1cc(NC(=O)OCC2c3ccccc3-c3ccccc32)cc(N2CCNCC2)c1C. The third-order valence-electron chi connectivity index (χ3n) is 7.10. The number of esters is 1. The van der Waals surface area contributed by atoms with Crippen LogP contribution in [0.1, 0.15) is 28.2 Å². The van der Waals surface area contributed by atoms with Gasteiger partial charge in [-0.05, 0) is 52.4 Å². The minimum atomic E-state index is -0.518. The van der Waals surface area contributed by atoms with Gasteiger partial charge in [0, 0.05) is 43.5 Å². The van der Waals surface area contributed by atoms with Crippen molar-refractivity contribution in [2.24, 2.45) is 0 Å². The molecule has 3 aromatic rings. The monoisotopic (exact) mass is 485 g/mol. The number of nitrogens with one attached hydrogen (secondary N) is 2. The van der Waals surface area contributed by atoms with Crippen LogP contribution in [0.4, 0.5) is 16.2 Å². The molecule has 0 radical (unpaired) electrons. The van der Waals surface area contributed by atoms with Crippen molar-refractivity contribution in [3.8, 4) is 11.1 Å². The summed E-state index contributed by atoms with van der Waals surface area (Å²) >= 11 is 0. The fraction of sp³-hybridized carbons (Fsp3) is 0.310. The van der Waals surface area contributed by atoms with Gasteiger partial charge in [0.25, 0.3) is 0 Å². The molecule has 3 aromatic carbocycles. The Balaban J connectivity index is 1.34. The van der Waals surface area contributed by atoms with Gasteiger partial charge in [-0.15, -0.1) is 0 Å². The summed E-state index contributed by atoms with van der Waals surface area (Å²) in [6.45, 7) is 5.73. The lowest BCUT2D eigenvalue weighted by molar-refractivity contribution is -0.139. The highest BCUT2D eigenvalue weighted by atomic mass is 16.5. The number of amides is 1. The van der Waals surface area contributed by atoms with Crippen molar-refractivity contribution < 1.29 is 19.1 Å². The highest BCUT2D eigenvalue weighted by Gasteiger charge is 2.29. The average Bonchev–Trinajstić information content (AvgIpc) is 3.23. The van der Waals surface area contributed by atoms with Crippen LogP contribution < -0.4 is 15.5 Å². The normalized spacial score (nSPS) is 14.7. The van der Waals surface area contributed by atoms with Crippen molar-refractivity contribution >= 4 is 23.4 Å². The second-order valence-corrected chi connectivity index (χ2v) is 9.22. The van der Waals surface area contributed by atoms with Crippen molar-refractivity contribution in [3.05, 3.63) is 82.9 Å². The molecule has 1 heterocycles. The van der Waals surface area contributed by atoms with E-state index in [4.69, 9.17) is 9.47 Å². The maximum Gasteiger partial charge on any atom is 0.411 e. The van der Waals surface area contributed by atoms with Gasteiger partial charge >= 0.3 is 12.1 Å². The van der Waals surface area contributed by atoms with E-state index < -0.39 is 6.09 Å². The molecule has 186 valence electrons. The molecule has 0 bridgehead atoms. The van der Waals surface area contributed by atoms with Gasteiger partial charge in [-0.2, -0.15) is 0 Å². The molecule has 0 spiro atoms. The quantitative estimate of drug-likeness (QED) is 0.501. The van der Waals surface area contributed by atoms with Crippen molar-refractivity contribution in [2.75, 3.05) is 50.1 Å². The Hall–Kier alpha value is -3.84. The number of carbonyl (C=O) groups is 2. The van der Waals surface area contributed by atoms with Gasteiger partial charge in [-0.1, -0.05) is 48.5 Å². The second-order valence-electron chi connectivity index (χ2n) is 9.22. The van der Waals surface area contributed by atoms with Gasteiger partial charge in [0.05, 0.1) is 13.5 Å². The van der Waals surface area contributed by atoms with Gasteiger partial charge in [-0.3, -0.25) is 10.1 Å². The molecule has 1 aliphatic carbocycles. The predicted octanol–water partition coefficient (Wildman–Crippen LogP) is 4.48. The van der Waals surface area contributed by atoms with E-state index in [0.29, 0.717) is 5.69 Å². The fourth-order valence-electron chi connectivity index (χ4n) is 5.23. The average molecular weight is 486 g/mol. The smallest absolute Gasteiger partial charge is 0.411 e. The summed E-state index contributed by atoms with van der Waals surface area (Å²) in [6, 6.07) is 20.3. The van der Waals surface area contributed by atoms with Crippen LogP contribution in [0.15, 0.2) is 60.7 Å². The van der Waals surface area contributed by atoms with Crippen LogP contribution in [0.25, 0.3) is 11.1 Å². The van der Waals surface area contributed by atoms with Gasteiger partial charge in [0.1, 0.15) is 6.61 Å². The van der Waals surface area contributed by atoms with Crippen molar-refractivity contribution in [2.45, 2.75) is 19.3 Å². The highest BCUT2D eigenvalue weighted by molar-refractivity contribution is 5.87. The topological polar surface area (TPSA) is 79.9 Å². The number of nitrogens with zero attached hydrogens (tertiary/aromatic N) is 1. The highest BCUT2D eigenvalue weighted by Crippen LogP contribution is 2.44. The number of ether oxygens (including phenoxy) is 2. The fourth-order valence-corrected chi connectivity index (χ4v) is 5.23. The minimum absolute atomic E-state index is 0.00698. The first-order valence-electron chi connectivity index (χ1n) is 12.3. The number of anilines is 2. The van der Waals surface area contributed by atoms with Crippen molar-refractivity contribution in [1.82, 2.24) is 5.32 Å². The van der Waals surface area contributed by atoms with Crippen molar-refractivity contribution in [1.29, 1.82) is 0 Å². The molecule has 1 saturated heterocycles. The zero-order chi connectivity index (χ0) is 25.1. The first-order chi connectivity index (χ1) is 17.5. The number of benzene rings is 3. The molecule has 5 rings (SSSR count). The maximum atomic E-state index is 12.9. The number of piperazine rings is 1. The Kier molecular flexibility index (Phi) is 6.91. The molecule has 1 amide bonds. The Morgan fingerprint density at radius 1 is 1.00 bits per heavy atom. The summed E-state index contributed by atoms with van der Waals surface area (Å²) in [7, 11) is 1.38. The van der Waals surface area contributed by atoms with E-state index in [1.807, 2.05) is 43.3 Å². The molecular formula is C29H31N3O4. The van der Waals surface area contributed by atoms with E-state index >= 15 is 0 Å². The van der Waals surface area contributed by atoms with Crippen LogP contribution >= 0.6 is 0 Å². The van der Waals surface area contributed by atoms with E-state index in [-0.39, 0.29) is 24.9 Å². The first-order valence-corrected chi connectivity index (χ1v) is 12.3. The summed E-state index contributed by atoms with van der Waals surface area (Å²) in [5.74, 6) is -0.324. The van der Waals surface area contributed by atoms with Crippen molar-refractivity contribution in [3.63, 3.8) is 0 Å². The molecule has 0 unspecified atom stereocenters. The molecule has 2 N–H and O–H groups in total. The molecular weight excluding hydrogens is 454 g/mol. The van der Waals surface area contributed by atoms with Gasteiger partial charge < -0.3 is 19.7 Å². The summed E-state index contributed by atoms with van der Waals surface area (Å²) in [4.78, 5) is 27.2. The summed E-state index contributed by atoms with van der Waals surface area (Å²) in [5, 5.41) is 6.26. The number of hydrogen-bond acceptors (Lipinski definition) is 6. The Bertz CT molecular complexity index is 1240. The number of fused-ring (bicyclic) bond motifs is 3. The summed E-state index contributed by atoms with van der Waals surface area (Å²) < 4.78 is 10.6. The third kappa shape index (κ3) is 4.79. The van der Waals surface area contributed by atoms with Crippen LogP contribution in [-0.4, -0.2) is 52.0 Å². The third-order valence-corrected chi connectivity index (χ3v) is 7.10. The van der Waals surface area contributed by atoms with E-state index in [0.717, 1.165) is 43.0 Å². The van der Waals surface area contributed by atoms with E-state index in [9.17, 15) is 9.59 Å². The molecule has 36 heavy (non-hydrogen) atoms. The molecule has 0 aromatic heterocycles. The summed E-state index contributed by atoms with van der Waals surface area (Å²) in [5.41, 5.74) is 8.17. The lowest BCUT2D eigenvalue weighted by Gasteiger charge is -2.32. The Morgan fingerprint density at radius 3 is 2.28 bits per heavy atom. The number of rotatable bonds is 6. The van der Waals surface area contributed by atoms with Crippen LogP contribution in [-0.2, 0) is 20.7 Å². The molecule has 2 aliphatic rings. The first kappa shape index (κ1) is 23.9. The van der Waals surface area contributed by atoms with E-state index in [1.54, 1.807) is 0 Å². The maximum absolute atomic E-state index is 12.9. The van der Waals surface area contributed by atoms with Gasteiger partial charge in [-0.25, -0.2) is 4.79 Å². The second kappa shape index (κ2) is 10.4. The summed E-state index contributed by atoms with van der Waals surface area (Å²) in [6.07, 6.45) is -0.377. The lowest BCUT2D eigenvalue weighted by Crippen LogP contribution is -2.43. The van der Waals surface area contributed by atoms with Crippen LogP contribution in [0.5, 0.6) is 0 Å². The van der Waals surface area contributed by atoms with E-state index in [1.165, 1.54) is 29.4 Å². The van der Waals surface area contributed by atoms with Gasteiger partial charge in [0.15, 0.2) is 0 Å². The van der Waals surface area contributed by atoms with Gasteiger partial charge in [0.2, 0.25) is 0 Å².